The first kappa shape index (κ1) is 13.5. The summed E-state index contributed by atoms with van der Waals surface area (Å²) in [5.74, 6) is -1.11. The van der Waals surface area contributed by atoms with Crippen molar-refractivity contribution in [2.75, 3.05) is 0 Å². The Morgan fingerprint density at radius 3 is 2.10 bits per heavy atom. The van der Waals surface area contributed by atoms with Crippen LogP contribution in [-0.2, 0) is 4.79 Å². The van der Waals surface area contributed by atoms with Crippen LogP contribution in [0.4, 0.5) is 0 Å². The van der Waals surface area contributed by atoms with E-state index in [4.69, 9.17) is 0 Å². The third-order valence-electron chi connectivity index (χ3n) is 4.17. The quantitative estimate of drug-likeness (QED) is 0.798. The Bertz CT molecular complexity index is 665. The molecule has 0 saturated carbocycles. The number of imide groups is 1. The number of amides is 3. The number of nitrogens with one attached hydrogen (secondary N) is 1. The summed E-state index contributed by atoms with van der Waals surface area (Å²) < 4.78 is 0. The molecule has 0 radical (unpaired) electrons. The van der Waals surface area contributed by atoms with Gasteiger partial charge in [0.2, 0.25) is 5.91 Å². The molecule has 1 aromatic rings. The van der Waals surface area contributed by atoms with Gasteiger partial charge in [0.05, 0.1) is 11.1 Å². The highest BCUT2D eigenvalue weighted by molar-refractivity contribution is 6.23. The van der Waals surface area contributed by atoms with Crippen LogP contribution in [0.2, 0.25) is 0 Å². The standard InChI is InChI=1S/C16H16N2O3/c1-8-6-11-12(7-9(8)2)16(21)18(15(11)20)13-5-4-10(3)17-14(13)19/h6-7,13H,3-5H2,1-2H3,(H,17,19). The smallest absolute Gasteiger partial charge is 0.262 e. The molecule has 0 aromatic heterocycles. The van der Waals surface area contributed by atoms with E-state index in [1.165, 1.54) is 0 Å². The molecular weight excluding hydrogens is 268 g/mol. The van der Waals surface area contributed by atoms with E-state index in [0.717, 1.165) is 16.0 Å². The number of aryl methyl sites for hydroxylation is 2. The van der Waals surface area contributed by atoms with Crippen molar-refractivity contribution in [1.82, 2.24) is 10.2 Å². The maximum absolute atomic E-state index is 12.5. The summed E-state index contributed by atoms with van der Waals surface area (Å²) >= 11 is 0. The number of fused-ring (bicyclic) bond motifs is 1. The predicted molar refractivity (Wildman–Crippen MR) is 76.7 cm³/mol. The maximum atomic E-state index is 12.5. The van der Waals surface area contributed by atoms with Crippen LogP contribution in [0.15, 0.2) is 24.4 Å². The molecule has 1 aromatic carbocycles. The van der Waals surface area contributed by atoms with Crippen LogP contribution >= 0.6 is 0 Å². The second-order valence-electron chi connectivity index (χ2n) is 5.61. The van der Waals surface area contributed by atoms with E-state index in [1.54, 1.807) is 12.1 Å². The average molecular weight is 284 g/mol. The largest absolute Gasteiger partial charge is 0.329 e. The molecule has 5 heteroatoms. The molecule has 1 saturated heterocycles. The number of rotatable bonds is 1. The van der Waals surface area contributed by atoms with E-state index >= 15 is 0 Å². The van der Waals surface area contributed by atoms with Crippen LogP contribution in [0.1, 0.15) is 44.7 Å². The van der Waals surface area contributed by atoms with E-state index in [1.807, 2.05) is 13.8 Å². The van der Waals surface area contributed by atoms with Gasteiger partial charge in [-0.1, -0.05) is 6.58 Å². The zero-order valence-corrected chi connectivity index (χ0v) is 12.0. The number of hydrogen-bond acceptors (Lipinski definition) is 3. The Morgan fingerprint density at radius 2 is 1.62 bits per heavy atom. The van der Waals surface area contributed by atoms with Crippen LogP contribution in [-0.4, -0.2) is 28.7 Å². The van der Waals surface area contributed by atoms with Crippen molar-refractivity contribution in [3.8, 4) is 0 Å². The van der Waals surface area contributed by atoms with Crippen molar-refractivity contribution in [1.29, 1.82) is 0 Å². The molecular formula is C16H16N2O3. The lowest BCUT2D eigenvalue weighted by atomic mass is 10.0. The fourth-order valence-corrected chi connectivity index (χ4v) is 2.81. The molecule has 3 amide bonds. The number of carbonyl (C=O) groups excluding carboxylic acids is 3. The number of carbonyl (C=O) groups is 3. The third-order valence-corrected chi connectivity index (χ3v) is 4.17. The first-order valence-corrected chi connectivity index (χ1v) is 6.88. The zero-order valence-electron chi connectivity index (χ0n) is 12.0. The topological polar surface area (TPSA) is 66.5 Å². The highest BCUT2D eigenvalue weighted by atomic mass is 16.2. The molecule has 1 fully saturated rings. The minimum absolute atomic E-state index is 0.339. The molecule has 2 aliphatic rings. The summed E-state index contributed by atoms with van der Waals surface area (Å²) in [6, 6.07) is 2.71. The molecule has 3 rings (SSSR count). The second kappa shape index (κ2) is 4.55. The maximum Gasteiger partial charge on any atom is 0.262 e. The van der Waals surface area contributed by atoms with Gasteiger partial charge in [-0.2, -0.15) is 0 Å². The van der Waals surface area contributed by atoms with Gasteiger partial charge < -0.3 is 5.32 Å². The number of allylic oxidation sites excluding steroid dienone is 1. The van der Waals surface area contributed by atoms with Gasteiger partial charge >= 0.3 is 0 Å². The molecule has 0 aliphatic carbocycles. The third kappa shape index (κ3) is 1.96. The molecule has 1 N–H and O–H groups in total. The molecule has 0 spiro atoms. The van der Waals surface area contributed by atoms with Crippen LogP contribution < -0.4 is 5.32 Å². The summed E-state index contributed by atoms with van der Waals surface area (Å²) in [4.78, 5) is 38.1. The average Bonchev–Trinajstić information content (AvgIpc) is 2.64. The minimum atomic E-state index is -0.747. The van der Waals surface area contributed by atoms with Crippen molar-refractivity contribution in [2.24, 2.45) is 0 Å². The Balaban J connectivity index is 2.00. The van der Waals surface area contributed by atoms with Crippen LogP contribution in [0.5, 0.6) is 0 Å². The van der Waals surface area contributed by atoms with Crippen molar-refractivity contribution < 1.29 is 14.4 Å². The van der Waals surface area contributed by atoms with E-state index in [2.05, 4.69) is 11.9 Å². The molecule has 5 nitrogen and oxygen atoms in total. The van der Waals surface area contributed by atoms with Crippen LogP contribution in [0.3, 0.4) is 0 Å². The van der Waals surface area contributed by atoms with E-state index in [9.17, 15) is 14.4 Å². The number of hydrogen-bond donors (Lipinski definition) is 1. The number of benzene rings is 1. The minimum Gasteiger partial charge on any atom is -0.329 e. The van der Waals surface area contributed by atoms with E-state index in [0.29, 0.717) is 29.7 Å². The summed E-state index contributed by atoms with van der Waals surface area (Å²) in [6.45, 7) is 7.50. The van der Waals surface area contributed by atoms with Crippen LogP contribution in [0.25, 0.3) is 0 Å². The molecule has 108 valence electrons. The van der Waals surface area contributed by atoms with Crippen molar-refractivity contribution in [3.05, 3.63) is 46.7 Å². The van der Waals surface area contributed by atoms with Gasteiger partial charge in [-0.05, 0) is 49.9 Å². The molecule has 2 heterocycles. The first-order chi connectivity index (χ1) is 9.90. The van der Waals surface area contributed by atoms with E-state index < -0.39 is 6.04 Å². The summed E-state index contributed by atoms with van der Waals surface area (Å²) in [7, 11) is 0. The molecule has 2 aliphatic heterocycles. The molecule has 1 atom stereocenters. The lowest BCUT2D eigenvalue weighted by Gasteiger charge is -2.29. The molecule has 21 heavy (non-hydrogen) atoms. The summed E-state index contributed by atoms with van der Waals surface area (Å²) in [6.07, 6.45) is 0.996. The van der Waals surface area contributed by atoms with Gasteiger partial charge in [0.1, 0.15) is 6.04 Å². The summed E-state index contributed by atoms with van der Waals surface area (Å²) in [5.41, 5.74) is 3.32. The van der Waals surface area contributed by atoms with E-state index in [-0.39, 0.29) is 17.7 Å². The molecule has 1 unspecified atom stereocenters. The van der Waals surface area contributed by atoms with Gasteiger partial charge in [-0.3, -0.25) is 19.3 Å². The van der Waals surface area contributed by atoms with Gasteiger partial charge in [0.25, 0.3) is 11.8 Å². The van der Waals surface area contributed by atoms with Gasteiger partial charge in [0, 0.05) is 5.70 Å². The lowest BCUT2D eigenvalue weighted by Crippen LogP contribution is -2.51. The zero-order chi connectivity index (χ0) is 15.3. The number of piperidine rings is 1. The second-order valence-corrected chi connectivity index (χ2v) is 5.61. The van der Waals surface area contributed by atoms with Gasteiger partial charge in [-0.15, -0.1) is 0 Å². The van der Waals surface area contributed by atoms with Gasteiger partial charge in [0.15, 0.2) is 0 Å². The molecule has 0 bridgehead atoms. The van der Waals surface area contributed by atoms with Crippen molar-refractivity contribution >= 4 is 17.7 Å². The lowest BCUT2D eigenvalue weighted by molar-refractivity contribution is -0.125. The SMILES string of the molecule is C=C1CCC(N2C(=O)c3cc(C)c(C)cc3C2=O)C(=O)N1. The predicted octanol–water partition coefficient (Wildman–Crippen LogP) is 1.69. The number of nitrogens with zero attached hydrogens (tertiary/aromatic N) is 1. The van der Waals surface area contributed by atoms with Crippen molar-refractivity contribution in [3.63, 3.8) is 0 Å². The first-order valence-electron chi connectivity index (χ1n) is 6.88. The van der Waals surface area contributed by atoms with Gasteiger partial charge in [-0.25, -0.2) is 0 Å². The monoisotopic (exact) mass is 284 g/mol. The normalized spacial score (nSPS) is 21.6. The fraction of sp³-hybridized carbons (Fsp3) is 0.312. The highest BCUT2D eigenvalue weighted by Crippen LogP contribution is 2.30. The Kier molecular flexibility index (Phi) is 2.93. The highest BCUT2D eigenvalue weighted by Gasteiger charge is 2.43. The summed E-state index contributed by atoms with van der Waals surface area (Å²) in [5, 5.41) is 2.62. The van der Waals surface area contributed by atoms with Crippen molar-refractivity contribution in [2.45, 2.75) is 32.7 Å². The Labute approximate surface area is 122 Å². The fourth-order valence-electron chi connectivity index (χ4n) is 2.81. The Hall–Kier alpha value is -2.43. The Morgan fingerprint density at radius 1 is 1.10 bits per heavy atom. The van der Waals surface area contributed by atoms with Crippen LogP contribution in [0, 0.1) is 13.8 Å².